The van der Waals surface area contributed by atoms with E-state index in [-0.39, 0.29) is 23.0 Å². The maximum Gasteiger partial charge on any atom is 0.258 e. The summed E-state index contributed by atoms with van der Waals surface area (Å²) in [6.45, 7) is 3.51. The van der Waals surface area contributed by atoms with Gasteiger partial charge in [-0.15, -0.1) is 0 Å². The summed E-state index contributed by atoms with van der Waals surface area (Å²) >= 11 is 0. The Bertz CT molecular complexity index is 1070. The van der Waals surface area contributed by atoms with Gasteiger partial charge in [-0.25, -0.2) is 14.4 Å². The number of nitrogens with two attached hydrogens (primary N) is 1. The number of anilines is 2. The molecule has 3 heterocycles. The van der Waals surface area contributed by atoms with Crippen LogP contribution in [-0.2, 0) is 0 Å². The third kappa shape index (κ3) is 2.87. The average Bonchev–Trinajstić information content (AvgIpc) is 2.58. The molecule has 1 atom stereocenters. The first-order valence-electron chi connectivity index (χ1n) is 7.51. The molecule has 0 saturated heterocycles. The molecule has 3 aromatic heterocycles. The molecule has 3 N–H and O–H groups in total. The molecule has 0 radical (unpaired) electrons. The second-order valence-electron chi connectivity index (χ2n) is 5.63. The Morgan fingerprint density at radius 1 is 1.40 bits per heavy atom. The highest BCUT2D eigenvalue weighted by atomic mass is 19.1. The Hall–Kier alpha value is -3.47. The van der Waals surface area contributed by atoms with Crippen LogP contribution in [0.1, 0.15) is 29.7 Å². The van der Waals surface area contributed by atoms with Gasteiger partial charge in [-0.3, -0.25) is 9.20 Å². The van der Waals surface area contributed by atoms with Crippen molar-refractivity contribution in [3.05, 3.63) is 63.6 Å². The lowest BCUT2D eigenvalue weighted by molar-refractivity contribution is 0.617. The van der Waals surface area contributed by atoms with Crippen LogP contribution < -0.4 is 16.6 Å². The highest BCUT2D eigenvalue weighted by Crippen LogP contribution is 2.24. The van der Waals surface area contributed by atoms with Crippen molar-refractivity contribution in [2.75, 3.05) is 11.1 Å². The van der Waals surface area contributed by atoms with Crippen LogP contribution in [0.3, 0.4) is 0 Å². The van der Waals surface area contributed by atoms with E-state index in [9.17, 15) is 14.4 Å². The standard InChI is InChI=1S/C17H15FN6O/c1-9-13(5-12-4-3-11(18)7-24(12)17(9)25)10(2)23-16-14(6-19)15(20)21-8-22-16/h3-5,7-8,10H,1-2H3,(H3,20,21,22,23)/t10-/m0/s1. The lowest BCUT2D eigenvalue weighted by Gasteiger charge is -2.18. The molecule has 0 bridgehead atoms. The first kappa shape index (κ1) is 16.4. The number of pyridine rings is 2. The van der Waals surface area contributed by atoms with Gasteiger partial charge < -0.3 is 11.1 Å². The van der Waals surface area contributed by atoms with Crippen molar-refractivity contribution >= 4 is 17.2 Å². The lowest BCUT2D eigenvalue weighted by Crippen LogP contribution is -2.21. The lowest BCUT2D eigenvalue weighted by atomic mass is 10.0. The monoisotopic (exact) mass is 338 g/mol. The molecule has 0 saturated carbocycles. The number of rotatable bonds is 3. The fourth-order valence-corrected chi connectivity index (χ4v) is 2.70. The highest BCUT2D eigenvalue weighted by molar-refractivity contribution is 5.63. The van der Waals surface area contributed by atoms with Gasteiger partial charge in [-0.1, -0.05) is 0 Å². The fraction of sp³-hybridized carbons (Fsp3) is 0.176. The molecule has 7 nitrogen and oxygen atoms in total. The van der Waals surface area contributed by atoms with Gasteiger partial charge in [0.2, 0.25) is 0 Å². The number of nitrogen functional groups attached to an aromatic ring is 1. The first-order valence-corrected chi connectivity index (χ1v) is 7.51. The third-order valence-electron chi connectivity index (χ3n) is 4.03. The van der Waals surface area contributed by atoms with Gasteiger partial charge in [0.15, 0.2) is 0 Å². The van der Waals surface area contributed by atoms with Crippen LogP contribution in [0.4, 0.5) is 16.0 Å². The summed E-state index contributed by atoms with van der Waals surface area (Å²) in [5, 5.41) is 12.3. The summed E-state index contributed by atoms with van der Waals surface area (Å²) in [6.07, 6.45) is 2.42. The van der Waals surface area contributed by atoms with Crippen molar-refractivity contribution in [1.29, 1.82) is 5.26 Å². The van der Waals surface area contributed by atoms with E-state index in [1.807, 2.05) is 13.0 Å². The van der Waals surface area contributed by atoms with Gasteiger partial charge in [0.25, 0.3) is 5.56 Å². The normalized spacial score (nSPS) is 11.9. The van der Waals surface area contributed by atoms with Gasteiger partial charge in [0.1, 0.15) is 35.4 Å². The zero-order valence-electron chi connectivity index (χ0n) is 13.6. The Kier molecular flexibility index (Phi) is 4.07. The maximum absolute atomic E-state index is 13.4. The van der Waals surface area contributed by atoms with Crippen LogP contribution in [0.15, 0.2) is 35.5 Å². The predicted octanol–water partition coefficient (Wildman–Crippen LogP) is 2.16. The number of hydrogen-bond acceptors (Lipinski definition) is 6. The second kappa shape index (κ2) is 6.20. The third-order valence-corrected chi connectivity index (χ3v) is 4.03. The molecule has 3 aromatic rings. The van der Waals surface area contributed by atoms with Crippen molar-refractivity contribution in [2.45, 2.75) is 19.9 Å². The number of nitriles is 1. The molecule has 8 heteroatoms. The molecule has 126 valence electrons. The molecule has 0 fully saturated rings. The molecular weight excluding hydrogens is 323 g/mol. The zero-order chi connectivity index (χ0) is 18.1. The number of hydrogen-bond donors (Lipinski definition) is 2. The summed E-state index contributed by atoms with van der Waals surface area (Å²) < 4.78 is 14.7. The number of aromatic nitrogens is 3. The number of nitrogens with one attached hydrogen (secondary N) is 1. The van der Waals surface area contributed by atoms with E-state index in [0.29, 0.717) is 16.9 Å². The van der Waals surface area contributed by atoms with Crippen LogP contribution in [0.2, 0.25) is 0 Å². The molecule has 3 rings (SSSR count). The molecule has 0 unspecified atom stereocenters. The zero-order valence-corrected chi connectivity index (χ0v) is 13.6. The van der Waals surface area contributed by atoms with Gasteiger partial charge in [0.05, 0.1) is 6.04 Å². The smallest absolute Gasteiger partial charge is 0.258 e. The minimum Gasteiger partial charge on any atom is -0.382 e. The summed E-state index contributed by atoms with van der Waals surface area (Å²) in [7, 11) is 0. The van der Waals surface area contributed by atoms with Crippen LogP contribution >= 0.6 is 0 Å². The summed E-state index contributed by atoms with van der Waals surface area (Å²) in [6, 6.07) is 6.26. The quantitative estimate of drug-likeness (QED) is 0.757. The largest absolute Gasteiger partial charge is 0.382 e. The topological polar surface area (TPSA) is 109 Å². The van der Waals surface area contributed by atoms with Crippen LogP contribution in [-0.4, -0.2) is 14.4 Å². The predicted molar refractivity (Wildman–Crippen MR) is 91.6 cm³/mol. The van der Waals surface area contributed by atoms with Crippen molar-refractivity contribution in [3.63, 3.8) is 0 Å². The molecule has 0 aromatic carbocycles. The van der Waals surface area contributed by atoms with Gasteiger partial charge >= 0.3 is 0 Å². The fourth-order valence-electron chi connectivity index (χ4n) is 2.70. The summed E-state index contributed by atoms with van der Waals surface area (Å²) in [5.74, 6) is -0.109. The minimum atomic E-state index is -0.483. The summed E-state index contributed by atoms with van der Waals surface area (Å²) in [5.41, 5.74) is 7.30. The molecule has 0 amide bonds. The van der Waals surface area contributed by atoms with Gasteiger partial charge in [-0.2, -0.15) is 5.26 Å². The molecule has 0 aliphatic carbocycles. The molecular formula is C17H15FN6O. The van der Waals surface area contributed by atoms with Gasteiger partial charge in [0, 0.05) is 17.3 Å². The van der Waals surface area contributed by atoms with E-state index < -0.39 is 5.82 Å². The van der Waals surface area contributed by atoms with E-state index in [1.165, 1.54) is 22.9 Å². The van der Waals surface area contributed by atoms with Gasteiger partial charge in [-0.05, 0) is 37.6 Å². The Morgan fingerprint density at radius 3 is 2.88 bits per heavy atom. The number of halogens is 1. The van der Waals surface area contributed by atoms with Crippen molar-refractivity contribution in [2.24, 2.45) is 0 Å². The van der Waals surface area contributed by atoms with Crippen molar-refractivity contribution < 1.29 is 4.39 Å². The van der Waals surface area contributed by atoms with E-state index in [2.05, 4.69) is 15.3 Å². The molecule has 0 spiro atoms. The Labute approximate surface area is 142 Å². The second-order valence-corrected chi connectivity index (χ2v) is 5.63. The Balaban J connectivity index is 2.07. The number of nitrogens with zero attached hydrogens (tertiary/aromatic N) is 4. The highest BCUT2D eigenvalue weighted by Gasteiger charge is 2.16. The molecule has 25 heavy (non-hydrogen) atoms. The van der Waals surface area contributed by atoms with Crippen LogP contribution in [0.5, 0.6) is 0 Å². The maximum atomic E-state index is 13.4. The first-order chi connectivity index (χ1) is 11.9. The van der Waals surface area contributed by atoms with Crippen molar-refractivity contribution in [1.82, 2.24) is 14.4 Å². The average molecular weight is 338 g/mol. The Morgan fingerprint density at radius 2 is 2.16 bits per heavy atom. The minimum absolute atomic E-state index is 0.0815. The van der Waals surface area contributed by atoms with E-state index in [1.54, 1.807) is 13.0 Å². The van der Waals surface area contributed by atoms with E-state index in [0.717, 1.165) is 11.8 Å². The van der Waals surface area contributed by atoms with E-state index in [4.69, 9.17) is 5.73 Å². The van der Waals surface area contributed by atoms with Crippen molar-refractivity contribution in [3.8, 4) is 6.07 Å². The van der Waals surface area contributed by atoms with Crippen LogP contribution in [0, 0.1) is 24.1 Å². The molecule has 0 aliphatic heterocycles. The summed E-state index contributed by atoms with van der Waals surface area (Å²) in [4.78, 5) is 20.3. The number of fused-ring (bicyclic) bond motifs is 1. The van der Waals surface area contributed by atoms with Crippen LogP contribution in [0.25, 0.3) is 5.52 Å². The van der Waals surface area contributed by atoms with E-state index >= 15 is 0 Å². The SMILES string of the molecule is Cc1c([C@H](C)Nc2ncnc(N)c2C#N)cc2ccc(F)cn2c1=O. The molecule has 0 aliphatic rings.